The first-order valence-corrected chi connectivity index (χ1v) is 7.44. The van der Waals surface area contributed by atoms with E-state index in [1.54, 1.807) is 0 Å². The number of hydrogen-bond acceptors (Lipinski definition) is 4. The van der Waals surface area contributed by atoms with Gasteiger partial charge in [0.2, 0.25) is 0 Å². The number of alkyl halides is 3. The summed E-state index contributed by atoms with van der Waals surface area (Å²) in [6, 6.07) is 10.9. The largest absolute Gasteiger partial charge is 0.455 e. The number of nitrogens with zero attached hydrogens (tertiary/aromatic N) is 2. The van der Waals surface area contributed by atoms with E-state index >= 15 is 0 Å². The molecule has 0 unspecified atom stereocenters. The molecule has 0 saturated heterocycles. The van der Waals surface area contributed by atoms with Crippen molar-refractivity contribution in [1.29, 1.82) is 0 Å². The van der Waals surface area contributed by atoms with E-state index in [0.717, 1.165) is 12.1 Å². The molecule has 0 spiro atoms. The van der Waals surface area contributed by atoms with Crippen LogP contribution in [0, 0.1) is 0 Å². The van der Waals surface area contributed by atoms with Crippen LogP contribution in [0.25, 0.3) is 11.3 Å². The SMILES string of the molecule is O=C(N/N=C\c1ccc(-c2cccc(C(F)(F)F)c2)o1)c1ccncc1. The molecule has 0 aliphatic carbocycles. The van der Waals surface area contributed by atoms with Crippen molar-refractivity contribution in [1.82, 2.24) is 10.4 Å². The standard InChI is InChI=1S/C18H12F3N3O2/c19-18(20,21)14-3-1-2-13(10-14)16-5-4-15(26-16)11-23-24-17(25)12-6-8-22-9-7-12/h1-11H,(H,24,25)/b23-11-. The van der Waals surface area contributed by atoms with Crippen molar-refractivity contribution >= 4 is 12.1 Å². The molecule has 1 aromatic carbocycles. The smallest absolute Gasteiger partial charge is 0.416 e. The van der Waals surface area contributed by atoms with Gasteiger partial charge in [0.1, 0.15) is 11.5 Å². The summed E-state index contributed by atoms with van der Waals surface area (Å²) in [6.07, 6.45) is -0.209. The number of carbonyl (C=O) groups excluding carboxylic acids is 1. The molecule has 0 aliphatic rings. The summed E-state index contributed by atoms with van der Waals surface area (Å²) < 4.78 is 43.8. The third-order valence-electron chi connectivity index (χ3n) is 3.40. The molecule has 0 saturated carbocycles. The lowest BCUT2D eigenvalue weighted by Crippen LogP contribution is -2.17. The molecule has 1 amide bonds. The maximum absolute atomic E-state index is 12.8. The van der Waals surface area contributed by atoms with Crippen molar-refractivity contribution in [2.45, 2.75) is 6.18 Å². The lowest BCUT2D eigenvalue weighted by Gasteiger charge is -2.07. The van der Waals surface area contributed by atoms with E-state index in [1.165, 1.54) is 55.0 Å². The molecule has 2 aromatic heterocycles. The topological polar surface area (TPSA) is 67.5 Å². The van der Waals surface area contributed by atoms with Crippen molar-refractivity contribution in [3.8, 4) is 11.3 Å². The monoisotopic (exact) mass is 359 g/mol. The zero-order chi connectivity index (χ0) is 18.6. The Morgan fingerprint density at radius 2 is 1.88 bits per heavy atom. The van der Waals surface area contributed by atoms with Crippen molar-refractivity contribution in [3.63, 3.8) is 0 Å². The Morgan fingerprint density at radius 1 is 1.12 bits per heavy atom. The Bertz CT molecular complexity index is 934. The fraction of sp³-hybridized carbons (Fsp3) is 0.0556. The first-order valence-electron chi connectivity index (χ1n) is 7.44. The Kier molecular flexibility index (Phi) is 4.83. The Morgan fingerprint density at radius 3 is 2.62 bits per heavy atom. The molecule has 1 N–H and O–H groups in total. The van der Waals surface area contributed by atoms with Crippen LogP contribution in [-0.4, -0.2) is 17.1 Å². The minimum absolute atomic E-state index is 0.262. The summed E-state index contributed by atoms with van der Waals surface area (Å²) in [5, 5.41) is 3.76. The van der Waals surface area contributed by atoms with Gasteiger partial charge in [-0.25, -0.2) is 5.43 Å². The highest BCUT2D eigenvalue weighted by Gasteiger charge is 2.30. The van der Waals surface area contributed by atoms with Gasteiger partial charge in [0, 0.05) is 23.5 Å². The van der Waals surface area contributed by atoms with E-state index < -0.39 is 17.6 Å². The van der Waals surface area contributed by atoms with Crippen molar-refractivity contribution in [2.24, 2.45) is 5.10 Å². The molecule has 2 heterocycles. The summed E-state index contributed by atoms with van der Waals surface area (Å²) in [4.78, 5) is 15.6. The summed E-state index contributed by atoms with van der Waals surface area (Å²) in [7, 11) is 0. The molecule has 0 atom stereocenters. The lowest BCUT2D eigenvalue weighted by molar-refractivity contribution is -0.137. The highest BCUT2D eigenvalue weighted by Crippen LogP contribution is 2.32. The van der Waals surface area contributed by atoms with Gasteiger partial charge in [-0.05, 0) is 36.4 Å². The zero-order valence-electron chi connectivity index (χ0n) is 13.2. The summed E-state index contributed by atoms with van der Waals surface area (Å²) in [5.41, 5.74) is 2.24. The number of furan rings is 1. The molecule has 26 heavy (non-hydrogen) atoms. The molecule has 132 valence electrons. The molecular formula is C18H12F3N3O2. The van der Waals surface area contributed by atoms with Crippen LogP contribution in [-0.2, 0) is 6.18 Å². The van der Waals surface area contributed by atoms with Crippen molar-refractivity contribution in [3.05, 3.63) is 77.8 Å². The van der Waals surface area contributed by atoms with Crippen molar-refractivity contribution in [2.75, 3.05) is 0 Å². The second-order valence-electron chi connectivity index (χ2n) is 5.22. The minimum atomic E-state index is -4.43. The maximum Gasteiger partial charge on any atom is 0.416 e. The molecule has 0 bridgehead atoms. The maximum atomic E-state index is 12.8. The van der Waals surface area contributed by atoms with Gasteiger partial charge in [-0.2, -0.15) is 18.3 Å². The average Bonchev–Trinajstić information content (AvgIpc) is 3.11. The molecule has 3 rings (SSSR count). The summed E-state index contributed by atoms with van der Waals surface area (Å²) >= 11 is 0. The number of hydrogen-bond donors (Lipinski definition) is 1. The number of benzene rings is 1. The van der Waals surface area contributed by atoms with Crippen LogP contribution in [0.3, 0.4) is 0 Å². The van der Waals surface area contributed by atoms with E-state index in [0.29, 0.717) is 11.1 Å². The number of nitrogens with one attached hydrogen (secondary N) is 1. The number of pyridine rings is 1. The molecule has 0 fully saturated rings. The van der Waals surface area contributed by atoms with Gasteiger partial charge in [0.05, 0.1) is 11.8 Å². The average molecular weight is 359 g/mol. The second-order valence-corrected chi connectivity index (χ2v) is 5.22. The summed E-state index contributed by atoms with van der Waals surface area (Å²) in [5.74, 6) is 0.124. The van der Waals surface area contributed by atoms with Crippen LogP contribution in [0.4, 0.5) is 13.2 Å². The fourth-order valence-corrected chi connectivity index (χ4v) is 2.15. The Balaban J connectivity index is 1.69. The highest BCUT2D eigenvalue weighted by atomic mass is 19.4. The third kappa shape index (κ3) is 4.15. The first-order chi connectivity index (χ1) is 12.4. The Hall–Kier alpha value is -3.42. The molecule has 5 nitrogen and oxygen atoms in total. The van der Waals surface area contributed by atoms with E-state index in [1.807, 2.05) is 0 Å². The van der Waals surface area contributed by atoms with Crippen LogP contribution < -0.4 is 5.43 Å². The third-order valence-corrected chi connectivity index (χ3v) is 3.40. The van der Waals surface area contributed by atoms with Crippen LogP contribution in [0.1, 0.15) is 21.7 Å². The van der Waals surface area contributed by atoms with Gasteiger partial charge in [-0.15, -0.1) is 0 Å². The van der Waals surface area contributed by atoms with E-state index in [2.05, 4.69) is 15.5 Å². The van der Waals surface area contributed by atoms with Gasteiger partial charge >= 0.3 is 6.18 Å². The number of carbonyl (C=O) groups is 1. The van der Waals surface area contributed by atoms with Crippen LogP contribution in [0.2, 0.25) is 0 Å². The minimum Gasteiger partial charge on any atom is -0.455 e. The van der Waals surface area contributed by atoms with Gasteiger partial charge in [0.15, 0.2) is 0 Å². The number of halogens is 3. The first kappa shape index (κ1) is 17.4. The lowest BCUT2D eigenvalue weighted by atomic mass is 10.1. The van der Waals surface area contributed by atoms with E-state index in [-0.39, 0.29) is 11.5 Å². The molecule has 0 aliphatic heterocycles. The highest BCUT2D eigenvalue weighted by molar-refractivity contribution is 5.94. The van der Waals surface area contributed by atoms with Crippen molar-refractivity contribution < 1.29 is 22.4 Å². The zero-order valence-corrected chi connectivity index (χ0v) is 13.2. The Labute approximate surface area is 146 Å². The molecule has 3 aromatic rings. The number of rotatable bonds is 4. The predicted octanol–water partition coefficient (Wildman–Crippen LogP) is 4.12. The van der Waals surface area contributed by atoms with E-state index in [4.69, 9.17) is 4.42 Å². The van der Waals surface area contributed by atoms with Gasteiger partial charge in [0.25, 0.3) is 5.91 Å². The molecule has 0 radical (unpaired) electrons. The van der Waals surface area contributed by atoms with Crippen LogP contribution in [0.5, 0.6) is 0 Å². The molecular weight excluding hydrogens is 347 g/mol. The van der Waals surface area contributed by atoms with E-state index in [9.17, 15) is 18.0 Å². The second kappa shape index (κ2) is 7.22. The van der Waals surface area contributed by atoms with Crippen LogP contribution >= 0.6 is 0 Å². The van der Waals surface area contributed by atoms with Crippen LogP contribution in [0.15, 0.2) is 70.4 Å². The predicted molar refractivity (Wildman–Crippen MR) is 88.4 cm³/mol. The van der Waals surface area contributed by atoms with Gasteiger partial charge in [-0.3, -0.25) is 9.78 Å². The van der Waals surface area contributed by atoms with Gasteiger partial charge < -0.3 is 4.42 Å². The normalized spacial score (nSPS) is 11.7. The van der Waals surface area contributed by atoms with Gasteiger partial charge in [-0.1, -0.05) is 12.1 Å². The molecule has 8 heteroatoms. The summed E-state index contributed by atoms with van der Waals surface area (Å²) in [6.45, 7) is 0. The fourth-order valence-electron chi connectivity index (χ4n) is 2.15. The number of amides is 1. The number of hydrazone groups is 1. The quantitative estimate of drug-likeness (QED) is 0.563. The number of aromatic nitrogens is 1.